The zero-order chi connectivity index (χ0) is 19.0. The molecule has 0 atom stereocenters. The third-order valence-electron chi connectivity index (χ3n) is 4.42. The van der Waals surface area contributed by atoms with Gasteiger partial charge in [0.1, 0.15) is 17.3 Å². The van der Waals surface area contributed by atoms with Crippen LogP contribution in [0.5, 0.6) is 0 Å². The molecule has 1 aromatic heterocycles. The van der Waals surface area contributed by atoms with Crippen molar-refractivity contribution in [2.75, 3.05) is 26.2 Å². The maximum Gasteiger partial charge on any atom is 0.258 e. The van der Waals surface area contributed by atoms with Crippen molar-refractivity contribution in [1.82, 2.24) is 9.80 Å². The molecule has 1 aromatic carbocycles. The van der Waals surface area contributed by atoms with E-state index in [-0.39, 0.29) is 22.4 Å². The van der Waals surface area contributed by atoms with Crippen molar-refractivity contribution >= 4 is 39.3 Å². The molecular formula is C18H17BrClFN2O3. The van der Waals surface area contributed by atoms with Gasteiger partial charge in [-0.05, 0) is 48.0 Å². The quantitative estimate of drug-likeness (QED) is 0.704. The molecule has 2 heterocycles. The number of furan rings is 1. The van der Waals surface area contributed by atoms with E-state index in [2.05, 4.69) is 15.9 Å². The minimum atomic E-state index is -0.488. The fourth-order valence-electron chi connectivity index (χ4n) is 3.00. The van der Waals surface area contributed by atoms with Crippen molar-refractivity contribution in [3.05, 3.63) is 56.2 Å². The molecular weight excluding hydrogens is 427 g/mol. The Kier molecular flexibility index (Phi) is 5.39. The molecule has 5 nitrogen and oxygen atoms in total. The number of halogens is 3. The van der Waals surface area contributed by atoms with Crippen LogP contribution in [0.4, 0.5) is 4.39 Å². The molecule has 0 aliphatic carbocycles. The van der Waals surface area contributed by atoms with E-state index in [1.165, 1.54) is 12.1 Å². The van der Waals surface area contributed by atoms with E-state index in [1.807, 2.05) is 0 Å². The Hall–Kier alpha value is -1.86. The molecule has 2 amide bonds. The van der Waals surface area contributed by atoms with Crippen LogP contribution in [0.3, 0.4) is 0 Å². The topological polar surface area (TPSA) is 53.8 Å². The van der Waals surface area contributed by atoms with Gasteiger partial charge in [0, 0.05) is 26.2 Å². The van der Waals surface area contributed by atoms with Crippen molar-refractivity contribution in [2.24, 2.45) is 0 Å². The monoisotopic (exact) mass is 442 g/mol. The van der Waals surface area contributed by atoms with Crippen molar-refractivity contribution in [2.45, 2.75) is 13.8 Å². The van der Waals surface area contributed by atoms with Crippen LogP contribution in [-0.4, -0.2) is 47.8 Å². The van der Waals surface area contributed by atoms with Gasteiger partial charge >= 0.3 is 0 Å². The Labute approximate surface area is 163 Å². The van der Waals surface area contributed by atoms with Crippen molar-refractivity contribution in [3.63, 3.8) is 0 Å². The van der Waals surface area contributed by atoms with Gasteiger partial charge < -0.3 is 14.2 Å². The average molecular weight is 444 g/mol. The fourth-order valence-corrected chi connectivity index (χ4v) is 3.78. The molecule has 0 N–H and O–H groups in total. The highest BCUT2D eigenvalue weighted by molar-refractivity contribution is 9.10. The Bertz CT molecular complexity index is 876. The lowest BCUT2D eigenvalue weighted by Gasteiger charge is -2.35. The molecule has 0 unspecified atom stereocenters. The summed E-state index contributed by atoms with van der Waals surface area (Å²) >= 11 is 9.37. The Morgan fingerprint density at radius 1 is 1.08 bits per heavy atom. The number of hydrogen-bond donors (Lipinski definition) is 0. The first kappa shape index (κ1) is 18.9. The lowest BCUT2D eigenvalue weighted by atomic mass is 10.1. The summed E-state index contributed by atoms with van der Waals surface area (Å²) in [7, 11) is 0. The first-order valence-corrected chi connectivity index (χ1v) is 9.25. The van der Waals surface area contributed by atoms with Crippen molar-refractivity contribution in [3.8, 4) is 0 Å². The van der Waals surface area contributed by atoms with Crippen LogP contribution in [0.2, 0.25) is 5.02 Å². The van der Waals surface area contributed by atoms with Gasteiger partial charge in [0.2, 0.25) is 0 Å². The number of hydrogen-bond acceptors (Lipinski definition) is 3. The van der Waals surface area contributed by atoms with Gasteiger partial charge in [-0.15, -0.1) is 0 Å². The van der Waals surface area contributed by atoms with Gasteiger partial charge in [-0.2, -0.15) is 0 Å². The molecule has 0 radical (unpaired) electrons. The average Bonchev–Trinajstić information content (AvgIpc) is 2.86. The SMILES string of the molecule is Cc1oc(C)c(C(=O)N2CCN(C(=O)c3ccc(F)cc3Cl)CC2)c1Br. The number of benzene rings is 1. The Morgan fingerprint density at radius 2 is 1.65 bits per heavy atom. The third-order valence-corrected chi connectivity index (χ3v) is 5.68. The summed E-state index contributed by atoms with van der Waals surface area (Å²) in [5.74, 6) is 0.344. The van der Waals surface area contributed by atoms with E-state index in [4.69, 9.17) is 16.0 Å². The molecule has 1 aliphatic heterocycles. The van der Waals surface area contributed by atoms with Crippen LogP contribution in [0.25, 0.3) is 0 Å². The first-order valence-electron chi connectivity index (χ1n) is 8.08. The number of rotatable bonds is 2. The lowest BCUT2D eigenvalue weighted by molar-refractivity contribution is 0.0534. The molecule has 1 saturated heterocycles. The van der Waals surface area contributed by atoms with Gasteiger partial charge in [0.05, 0.1) is 20.6 Å². The van der Waals surface area contributed by atoms with Gasteiger partial charge in [-0.1, -0.05) is 11.6 Å². The molecule has 1 aliphatic rings. The molecule has 1 fully saturated rings. The normalized spacial score (nSPS) is 14.7. The Balaban J connectivity index is 1.69. The number of piperazine rings is 1. The summed E-state index contributed by atoms with van der Waals surface area (Å²) in [6.07, 6.45) is 0. The van der Waals surface area contributed by atoms with E-state index in [0.717, 1.165) is 6.07 Å². The van der Waals surface area contributed by atoms with Gasteiger partial charge in [-0.3, -0.25) is 9.59 Å². The predicted molar refractivity (Wildman–Crippen MR) is 99.1 cm³/mol. The number of nitrogens with zero attached hydrogens (tertiary/aromatic N) is 2. The summed E-state index contributed by atoms with van der Waals surface area (Å²) in [6, 6.07) is 3.71. The minimum Gasteiger partial charge on any atom is -0.465 e. The zero-order valence-electron chi connectivity index (χ0n) is 14.3. The van der Waals surface area contributed by atoms with Crippen LogP contribution in [0, 0.1) is 19.7 Å². The number of carbonyl (C=O) groups is 2. The summed E-state index contributed by atoms with van der Waals surface area (Å²) < 4.78 is 19.3. The summed E-state index contributed by atoms with van der Waals surface area (Å²) in [5, 5.41) is 0.0851. The van der Waals surface area contributed by atoms with Crippen molar-refractivity contribution in [1.29, 1.82) is 0 Å². The van der Waals surface area contributed by atoms with E-state index in [9.17, 15) is 14.0 Å². The van der Waals surface area contributed by atoms with E-state index in [1.54, 1.807) is 23.6 Å². The summed E-state index contributed by atoms with van der Waals surface area (Å²) in [4.78, 5) is 28.7. The smallest absolute Gasteiger partial charge is 0.258 e. The molecule has 0 spiro atoms. The van der Waals surface area contributed by atoms with Crippen LogP contribution in [0.15, 0.2) is 27.1 Å². The zero-order valence-corrected chi connectivity index (χ0v) is 16.7. The second kappa shape index (κ2) is 7.40. The van der Waals surface area contributed by atoms with Crippen LogP contribution >= 0.6 is 27.5 Å². The lowest BCUT2D eigenvalue weighted by Crippen LogP contribution is -2.50. The Morgan fingerprint density at radius 3 is 2.15 bits per heavy atom. The maximum atomic E-state index is 13.2. The van der Waals surface area contributed by atoms with E-state index in [0.29, 0.717) is 47.7 Å². The van der Waals surface area contributed by atoms with E-state index >= 15 is 0 Å². The molecule has 0 saturated carbocycles. The first-order chi connectivity index (χ1) is 12.3. The molecule has 3 rings (SSSR count). The highest BCUT2D eigenvalue weighted by atomic mass is 79.9. The van der Waals surface area contributed by atoms with Gasteiger partial charge in [0.15, 0.2) is 0 Å². The molecule has 26 heavy (non-hydrogen) atoms. The van der Waals surface area contributed by atoms with E-state index < -0.39 is 5.82 Å². The predicted octanol–water partition coefficient (Wildman–Crippen LogP) is 4.05. The number of carbonyl (C=O) groups excluding carboxylic acids is 2. The van der Waals surface area contributed by atoms with Crippen molar-refractivity contribution < 1.29 is 18.4 Å². The second-order valence-corrected chi connectivity index (χ2v) is 7.31. The molecule has 2 aromatic rings. The number of aryl methyl sites for hydroxylation is 2. The maximum absolute atomic E-state index is 13.2. The highest BCUT2D eigenvalue weighted by Gasteiger charge is 2.29. The molecule has 138 valence electrons. The summed E-state index contributed by atoms with van der Waals surface area (Å²) in [6.45, 7) is 5.11. The standard InChI is InChI=1S/C18H17BrClFN2O3/c1-10-15(16(19)11(2)26-10)18(25)23-7-5-22(6-8-23)17(24)13-4-3-12(21)9-14(13)20/h3-4,9H,5-8H2,1-2H3. The van der Waals surface area contributed by atoms with Gasteiger partial charge in [-0.25, -0.2) is 4.39 Å². The number of amides is 2. The van der Waals surface area contributed by atoms with Gasteiger partial charge in [0.25, 0.3) is 11.8 Å². The highest BCUT2D eigenvalue weighted by Crippen LogP contribution is 2.29. The summed E-state index contributed by atoms with van der Waals surface area (Å²) in [5.41, 5.74) is 0.778. The minimum absolute atomic E-state index is 0.0851. The largest absolute Gasteiger partial charge is 0.465 e. The molecule has 0 bridgehead atoms. The van der Waals surface area contributed by atoms with Crippen LogP contribution in [-0.2, 0) is 0 Å². The third kappa shape index (κ3) is 3.50. The van der Waals surface area contributed by atoms with Crippen LogP contribution < -0.4 is 0 Å². The fraction of sp³-hybridized carbons (Fsp3) is 0.333. The second-order valence-electron chi connectivity index (χ2n) is 6.11. The molecule has 8 heteroatoms. The van der Waals surface area contributed by atoms with Crippen LogP contribution in [0.1, 0.15) is 32.2 Å².